The molecule has 0 saturated heterocycles. The van der Waals surface area contributed by atoms with Gasteiger partial charge < -0.3 is 10.4 Å². The largest absolute Gasteiger partial charge is 0.480 e. The number of carbonyl (C=O) groups is 2. The zero-order chi connectivity index (χ0) is 13.8. The number of amides is 1. The van der Waals surface area contributed by atoms with E-state index in [2.05, 4.69) is 5.32 Å². The van der Waals surface area contributed by atoms with Crippen LogP contribution in [0.25, 0.3) is 0 Å². The Morgan fingerprint density at radius 2 is 2.11 bits per heavy atom. The summed E-state index contributed by atoms with van der Waals surface area (Å²) in [6.45, 7) is 0. The van der Waals surface area contributed by atoms with E-state index >= 15 is 0 Å². The summed E-state index contributed by atoms with van der Waals surface area (Å²) in [6, 6.07) is 7.85. The van der Waals surface area contributed by atoms with Crippen molar-refractivity contribution in [3.05, 3.63) is 35.4 Å². The highest BCUT2D eigenvalue weighted by Gasteiger charge is 2.32. The first-order valence-electron chi connectivity index (χ1n) is 6.13. The van der Waals surface area contributed by atoms with E-state index < -0.39 is 12.0 Å². The minimum absolute atomic E-state index is 0.0342. The van der Waals surface area contributed by atoms with Gasteiger partial charge in [-0.1, -0.05) is 18.2 Å². The lowest BCUT2D eigenvalue weighted by molar-refractivity contribution is -0.142. The van der Waals surface area contributed by atoms with Crippen LogP contribution in [0.4, 0.5) is 0 Å². The van der Waals surface area contributed by atoms with Gasteiger partial charge in [0.15, 0.2) is 0 Å². The van der Waals surface area contributed by atoms with Crippen molar-refractivity contribution in [2.45, 2.75) is 25.3 Å². The van der Waals surface area contributed by atoms with E-state index in [-0.39, 0.29) is 18.2 Å². The molecule has 1 amide bonds. The molecule has 2 N–H and O–H groups in total. The van der Waals surface area contributed by atoms with Crippen LogP contribution < -0.4 is 5.32 Å². The molecule has 1 atom stereocenters. The quantitative estimate of drug-likeness (QED) is 0.826. The number of hydrogen-bond donors (Lipinski definition) is 2. The van der Waals surface area contributed by atoms with E-state index in [0.29, 0.717) is 11.1 Å². The molecule has 5 nitrogen and oxygen atoms in total. The van der Waals surface area contributed by atoms with Gasteiger partial charge in [-0.3, -0.25) is 4.79 Å². The molecular formula is C14H14N2O3. The number of carboxylic acids is 1. The SMILES string of the molecule is N#Cc1ccccc1C[C@H](NC(=O)C1CC1)C(=O)O. The van der Waals surface area contributed by atoms with Crippen LogP contribution in [-0.4, -0.2) is 23.0 Å². The zero-order valence-electron chi connectivity index (χ0n) is 10.3. The van der Waals surface area contributed by atoms with Gasteiger partial charge in [0.05, 0.1) is 11.6 Å². The number of benzene rings is 1. The molecule has 1 fully saturated rings. The molecule has 0 bridgehead atoms. The van der Waals surface area contributed by atoms with Crippen molar-refractivity contribution < 1.29 is 14.7 Å². The predicted octanol–water partition coefficient (Wildman–Crippen LogP) is 1.08. The van der Waals surface area contributed by atoms with Gasteiger partial charge in [0.2, 0.25) is 5.91 Å². The first-order chi connectivity index (χ1) is 9.11. The summed E-state index contributed by atoms with van der Waals surface area (Å²) in [7, 11) is 0. The molecule has 0 unspecified atom stereocenters. The Morgan fingerprint density at radius 3 is 2.68 bits per heavy atom. The molecule has 1 aliphatic rings. The van der Waals surface area contributed by atoms with Crippen molar-refractivity contribution in [3.8, 4) is 6.07 Å². The maximum atomic E-state index is 11.6. The topological polar surface area (TPSA) is 90.2 Å². The van der Waals surface area contributed by atoms with Crippen LogP contribution in [0, 0.1) is 17.2 Å². The van der Waals surface area contributed by atoms with Gasteiger partial charge in [-0.15, -0.1) is 0 Å². The zero-order valence-corrected chi connectivity index (χ0v) is 10.3. The first kappa shape index (κ1) is 13.1. The molecule has 98 valence electrons. The van der Waals surface area contributed by atoms with Crippen LogP contribution in [0.5, 0.6) is 0 Å². The third kappa shape index (κ3) is 3.32. The van der Waals surface area contributed by atoms with Gasteiger partial charge in [0, 0.05) is 12.3 Å². The molecule has 1 saturated carbocycles. The van der Waals surface area contributed by atoms with Crippen LogP contribution in [-0.2, 0) is 16.0 Å². The average Bonchev–Trinajstić information content (AvgIpc) is 3.22. The fraction of sp³-hybridized carbons (Fsp3) is 0.357. The van der Waals surface area contributed by atoms with Crippen molar-refractivity contribution in [2.24, 2.45) is 5.92 Å². The first-order valence-corrected chi connectivity index (χ1v) is 6.13. The second-order valence-electron chi connectivity index (χ2n) is 4.65. The summed E-state index contributed by atoms with van der Waals surface area (Å²) in [4.78, 5) is 22.8. The number of nitrogens with one attached hydrogen (secondary N) is 1. The number of nitrogens with zero attached hydrogens (tertiary/aromatic N) is 1. The van der Waals surface area contributed by atoms with Crippen molar-refractivity contribution >= 4 is 11.9 Å². The molecule has 19 heavy (non-hydrogen) atoms. The maximum Gasteiger partial charge on any atom is 0.326 e. The Hall–Kier alpha value is -2.35. The lowest BCUT2D eigenvalue weighted by Crippen LogP contribution is -2.43. The molecule has 0 aliphatic heterocycles. The maximum absolute atomic E-state index is 11.6. The number of rotatable bonds is 5. The monoisotopic (exact) mass is 258 g/mol. The highest BCUT2D eigenvalue weighted by atomic mass is 16.4. The second kappa shape index (κ2) is 5.53. The van der Waals surface area contributed by atoms with Crippen LogP contribution in [0.2, 0.25) is 0 Å². The second-order valence-corrected chi connectivity index (χ2v) is 4.65. The van der Waals surface area contributed by atoms with E-state index in [4.69, 9.17) is 10.4 Å². The smallest absolute Gasteiger partial charge is 0.326 e. The van der Waals surface area contributed by atoms with Gasteiger partial charge in [0.25, 0.3) is 0 Å². The Labute approximate surface area is 110 Å². The summed E-state index contributed by atoms with van der Waals surface area (Å²) in [5.41, 5.74) is 1.07. The number of nitriles is 1. The minimum atomic E-state index is -1.08. The molecule has 1 aromatic carbocycles. The normalized spacial score (nSPS) is 15.3. The van der Waals surface area contributed by atoms with Gasteiger partial charge in [-0.25, -0.2) is 4.79 Å². The molecule has 0 heterocycles. The van der Waals surface area contributed by atoms with Crippen molar-refractivity contribution in [3.63, 3.8) is 0 Å². The van der Waals surface area contributed by atoms with E-state index in [0.717, 1.165) is 12.8 Å². The third-order valence-electron chi connectivity index (χ3n) is 3.12. The predicted molar refractivity (Wildman–Crippen MR) is 67.2 cm³/mol. The van der Waals surface area contributed by atoms with Crippen LogP contribution in [0.15, 0.2) is 24.3 Å². The highest BCUT2D eigenvalue weighted by Crippen LogP contribution is 2.29. The summed E-state index contributed by atoms with van der Waals surface area (Å²) in [6.07, 6.45) is 1.78. The molecule has 0 radical (unpaired) electrons. The fourth-order valence-corrected chi connectivity index (χ4v) is 1.86. The lowest BCUT2D eigenvalue weighted by atomic mass is 10.0. The Bertz CT molecular complexity index is 544. The van der Waals surface area contributed by atoms with E-state index in [1.54, 1.807) is 24.3 Å². The summed E-state index contributed by atoms with van der Waals surface area (Å²) in [5, 5.41) is 20.6. The van der Waals surface area contributed by atoms with Crippen molar-refractivity contribution in [1.29, 1.82) is 5.26 Å². The van der Waals surface area contributed by atoms with E-state index in [1.807, 2.05) is 6.07 Å². The fourth-order valence-electron chi connectivity index (χ4n) is 1.86. The molecule has 1 aliphatic carbocycles. The van der Waals surface area contributed by atoms with Gasteiger partial charge in [0.1, 0.15) is 6.04 Å². The Kier molecular flexibility index (Phi) is 3.81. The van der Waals surface area contributed by atoms with E-state index in [9.17, 15) is 9.59 Å². The van der Waals surface area contributed by atoms with Crippen LogP contribution in [0.3, 0.4) is 0 Å². The summed E-state index contributed by atoms with van der Waals surface area (Å²) >= 11 is 0. The van der Waals surface area contributed by atoms with Crippen molar-refractivity contribution in [2.75, 3.05) is 0 Å². The van der Waals surface area contributed by atoms with Crippen LogP contribution >= 0.6 is 0 Å². The molecule has 0 aromatic heterocycles. The summed E-state index contributed by atoms with van der Waals surface area (Å²) < 4.78 is 0. The Morgan fingerprint density at radius 1 is 1.42 bits per heavy atom. The highest BCUT2D eigenvalue weighted by molar-refractivity contribution is 5.86. The molecular weight excluding hydrogens is 244 g/mol. The van der Waals surface area contributed by atoms with Gasteiger partial charge in [-0.05, 0) is 24.5 Å². The Balaban J connectivity index is 2.09. The van der Waals surface area contributed by atoms with Gasteiger partial charge >= 0.3 is 5.97 Å². The standard InChI is InChI=1S/C14H14N2O3/c15-8-11-4-2-1-3-10(11)7-12(14(18)19)16-13(17)9-5-6-9/h1-4,9,12H,5-7H2,(H,16,17)(H,18,19)/t12-/m0/s1. The van der Waals surface area contributed by atoms with Crippen molar-refractivity contribution in [1.82, 2.24) is 5.32 Å². The van der Waals surface area contributed by atoms with Crippen LogP contribution in [0.1, 0.15) is 24.0 Å². The number of carboxylic acid groups (broad SMARTS) is 1. The molecule has 0 spiro atoms. The molecule has 5 heteroatoms. The lowest BCUT2D eigenvalue weighted by Gasteiger charge is -2.15. The number of aliphatic carboxylic acids is 1. The summed E-state index contributed by atoms with van der Waals surface area (Å²) in [5.74, 6) is -1.32. The molecule has 1 aromatic rings. The third-order valence-corrected chi connectivity index (χ3v) is 3.12. The van der Waals surface area contributed by atoms with Gasteiger partial charge in [-0.2, -0.15) is 5.26 Å². The average molecular weight is 258 g/mol. The minimum Gasteiger partial charge on any atom is -0.480 e. The number of hydrogen-bond acceptors (Lipinski definition) is 3. The van der Waals surface area contributed by atoms with E-state index in [1.165, 1.54) is 0 Å². The molecule has 2 rings (SSSR count). The number of carbonyl (C=O) groups excluding carboxylic acids is 1.